The van der Waals surface area contributed by atoms with Crippen LogP contribution in [0.4, 0.5) is 0 Å². The Hall–Kier alpha value is -1.99. The van der Waals surface area contributed by atoms with Crippen LogP contribution in [0.3, 0.4) is 0 Å². The zero-order chi connectivity index (χ0) is 26.1. The molecule has 1 heteroatoms. The summed E-state index contributed by atoms with van der Waals surface area (Å²) in [6, 6.07) is 0. The van der Waals surface area contributed by atoms with Crippen molar-refractivity contribution in [1.82, 2.24) is 0 Å². The van der Waals surface area contributed by atoms with Crippen LogP contribution in [0.25, 0.3) is 0 Å². The zero-order valence-electron chi connectivity index (χ0n) is 23.7. The summed E-state index contributed by atoms with van der Waals surface area (Å²) in [6.45, 7) is 4.95. The minimum Gasteiger partial charge on any atom is -0.153 e. The third-order valence-electron chi connectivity index (χ3n) is 11.6. The van der Waals surface area contributed by atoms with Gasteiger partial charge >= 0.3 is 0 Å². The van der Waals surface area contributed by atoms with Gasteiger partial charge in [-0.25, -0.2) is 0 Å². The summed E-state index contributed by atoms with van der Waals surface area (Å²) >= 11 is 2.34. The first-order valence-electron chi connectivity index (χ1n) is 16.0. The number of fused-ring (bicyclic) bond motifs is 7. The molecule has 0 nitrogen and oxygen atoms in total. The maximum atomic E-state index is 2.73. The topological polar surface area (TPSA) is 0 Å². The highest BCUT2D eigenvalue weighted by Crippen LogP contribution is 2.57. The Kier molecular flexibility index (Phi) is 6.24. The SMILES string of the molecule is CC1CCC2=C(C1)C1=C(C=CC(C3C=C(C4C=CC(C)C5C6C=CCCC6SC45)C=CC3)C1)C1C=CC=CC21. The summed E-state index contributed by atoms with van der Waals surface area (Å²) in [5.74, 6) is 6.11. The number of thioether (sulfide) groups is 1. The van der Waals surface area contributed by atoms with E-state index in [0.717, 1.165) is 28.3 Å². The second kappa shape index (κ2) is 9.83. The van der Waals surface area contributed by atoms with E-state index < -0.39 is 0 Å². The van der Waals surface area contributed by atoms with Gasteiger partial charge in [-0.15, -0.1) is 0 Å². The number of rotatable bonds is 2. The highest BCUT2D eigenvalue weighted by atomic mass is 32.2. The third kappa shape index (κ3) is 4.08. The summed E-state index contributed by atoms with van der Waals surface area (Å²) < 4.78 is 0. The van der Waals surface area contributed by atoms with E-state index in [4.69, 9.17) is 0 Å². The van der Waals surface area contributed by atoms with E-state index in [1.165, 1.54) is 44.9 Å². The van der Waals surface area contributed by atoms with Crippen LogP contribution >= 0.6 is 11.8 Å². The molecule has 1 saturated heterocycles. The monoisotopic (exact) mass is 532 g/mol. The maximum Gasteiger partial charge on any atom is 0.0193 e. The summed E-state index contributed by atoms with van der Waals surface area (Å²) in [5.41, 5.74) is 8.55. The van der Waals surface area contributed by atoms with Gasteiger partial charge in [0.2, 0.25) is 0 Å². The van der Waals surface area contributed by atoms with Gasteiger partial charge < -0.3 is 0 Å². The lowest BCUT2D eigenvalue weighted by Crippen LogP contribution is -2.34. The summed E-state index contributed by atoms with van der Waals surface area (Å²) in [7, 11) is 0. The molecule has 1 aliphatic heterocycles. The van der Waals surface area contributed by atoms with E-state index in [0.29, 0.717) is 35.5 Å². The van der Waals surface area contributed by atoms with E-state index >= 15 is 0 Å². The van der Waals surface area contributed by atoms with Gasteiger partial charge in [0, 0.05) is 28.3 Å². The van der Waals surface area contributed by atoms with Crippen molar-refractivity contribution in [3.63, 3.8) is 0 Å². The number of hydrogen-bond donors (Lipinski definition) is 0. The first-order valence-corrected chi connectivity index (χ1v) is 17.0. The van der Waals surface area contributed by atoms with Crippen LogP contribution in [0, 0.1) is 53.3 Å². The molecule has 0 radical (unpaired) electrons. The highest BCUT2D eigenvalue weighted by molar-refractivity contribution is 8.00. The second-order valence-electron chi connectivity index (χ2n) is 13.9. The molecule has 0 N–H and O–H groups in total. The van der Waals surface area contributed by atoms with E-state index in [1.54, 1.807) is 27.9 Å². The molecule has 11 atom stereocenters. The fraction of sp³-hybridized carbons (Fsp3) is 0.526. The number of allylic oxidation sites excluding steroid dienone is 18. The van der Waals surface area contributed by atoms with Crippen molar-refractivity contribution >= 4 is 11.8 Å². The zero-order valence-corrected chi connectivity index (χ0v) is 24.5. The fourth-order valence-electron chi connectivity index (χ4n) is 9.65. The van der Waals surface area contributed by atoms with Crippen LogP contribution in [-0.2, 0) is 0 Å². The molecule has 1 heterocycles. The van der Waals surface area contributed by atoms with Crippen LogP contribution in [0.15, 0.2) is 107 Å². The summed E-state index contributed by atoms with van der Waals surface area (Å²) in [4.78, 5) is 0. The molecule has 1 fully saturated rings. The molecule has 202 valence electrons. The first-order chi connectivity index (χ1) is 19.2. The highest BCUT2D eigenvalue weighted by Gasteiger charge is 2.49. The average molecular weight is 533 g/mol. The van der Waals surface area contributed by atoms with Gasteiger partial charge in [-0.05, 0) is 103 Å². The molecule has 0 aromatic heterocycles. The molecule has 11 unspecified atom stereocenters. The molecule has 8 aliphatic rings. The van der Waals surface area contributed by atoms with Crippen LogP contribution in [0.5, 0.6) is 0 Å². The Morgan fingerprint density at radius 1 is 0.769 bits per heavy atom. The van der Waals surface area contributed by atoms with Gasteiger partial charge in [0.15, 0.2) is 0 Å². The molecular weight excluding hydrogens is 488 g/mol. The number of hydrogen-bond acceptors (Lipinski definition) is 1. The lowest BCUT2D eigenvalue weighted by atomic mass is 9.61. The maximum absolute atomic E-state index is 2.73. The van der Waals surface area contributed by atoms with Crippen molar-refractivity contribution in [2.24, 2.45) is 53.3 Å². The normalized spacial score (nSPS) is 45.5. The van der Waals surface area contributed by atoms with Crippen molar-refractivity contribution in [1.29, 1.82) is 0 Å². The summed E-state index contributed by atoms with van der Waals surface area (Å²) in [5, 5.41) is 1.58. The van der Waals surface area contributed by atoms with Gasteiger partial charge in [0.1, 0.15) is 0 Å². The molecule has 0 spiro atoms. The molecule has 0 saturated carbocycles. The molecule has 8 rings (SSSR count). The van der Waals surface area contributed by atoms with Crippen LogP contribution in [0.2, 0.25) is 0 Å². The lowest BCUT2D eigenvalue weighted by Gasteiger charge is -2.43. The average Bonchev–Trinajstić information content (AvgIpc) is 3.38. The van der Waals surface area contributed by atoms with Crippen molar-refractivity contribution < 1.29 is 0 Å². The van der Waals surface area contributed by atoms with Crippen molar-refractivity contribution in [2.45, 2.75) is 69.3 Å². The van der Waals surface area contributed by atoms with Crippen LogP contribution in [-0.4, -0.2) is 10.5 Å². The molecule has 0 amide bonds. The van der Waals surface area contributed by atoms with Gasteiger partial charge in [0.25, 0.3) is 0 Å². The Bertz CT molecular complexity index is 1310. The van der Waals surface area contributed by atoms with Crippen molar-refractivity contribution in [2.75, 3.05) is 0 Å². The second-order valence-corrected chi connectivity index (χ2v) is 15.3. The molecule has 7 aliphatic carbocycles. The molecule has 39 heavy (non-hydrogen) atoms. The quantitative estimate of drug-likeness (QED) is 0.319. The standard InChI is InChI=1S/C38H44S/c1-23-14-17-31-29-10-3-4-11-30(29)32-19-16-26(22-35(32)34(31)20-23)25-8-7-9-27(21-25)28-18-15-24(2)37-33-12-5-6-13-36(33)39-38(28)37/h3-5,7,9-12,15-16,18-19,21,23-26,28-30,33,36-38H,6,8,13-14,17,20,22H2,1-2H3. The van der Waals surface area contributed by atoms with Gasteiger partial charge in [-0.1, -0.05) is 98.4 Å². The fourth-order valence-corrected chi connectivity index (χ4v) is 11.8. The molecule has 0 aromatic rings. The Labute approximate surface area is 240 Å². The smallest absolute Gasteiger partial charge is 0.0193 e. The van der Waals surface area contributed by atoms with E-state index in [-0.39, 0.29) is 0 Å². The first kappa shape index (κ1) is 24.8. The Balaban J connectivity index is 1.08. The van der Waals surface area contributed by atoms with Gasteiger partial charge in [0.05, 0.1) is 0 Å². The Morgan fingerprint density at radius 2 is 1.67 bits per heavy atom. The van der Waals surface area contributed by atoms with Crippen molar-refractivity contribution in [3.05, 3.63) is 107 Å². The molecular formula is C38H44S. The van der Waals surface area contributed by atoms with E-state index in [2.05, 4.69) is 105 Å². The van der Waals surface area contributed by atoms with Crippen LogP contribution in [0.1, 0.15) is 58.8 Å². The lowest BCUT2D eigenvalue weighted by molar-refractivity contribution is 0.287. The predicted octanol–water partition coefficient (Wildman–Crippen LogP) is 9.74. The Morgan fingerprint density at radius 3 is 2.59 bits per heavy atom. The molecule has 0 aromatic carbocycles. The minimum absolute atomic E-state index is 0.565. The third-order valence-corrected chi connectivity index (χ3v) is 13.4. The van der Waals surface area contributed by atoms with E-state index in [9.17, 15) is 0 Å². The van der Waals surface area contributed by atoms with Gasteiger partial charge in [-0.2, -0.15) is 11.8 Å². The predicted molar refractivity (Wildman–Crippen MR) is 167 cm³/mol. The van der Waals surface area contributed by atoms with E-state index in [1.807, 2.05) is 0 Å². The summed E-state index contributed by atoms with van der Waals surface area (Å²) in [6.07, 6.45) is 41.8. The largest absolute Gasteiger partial charge is 0.153 e. The van der Waals surface area contributed by atoms with Crippen LogP contribution < -0.4 is 0 Å². The minimum atomic E-state index is 0.565. The molecule has 0 bridgehead atoms. The van der Waals surface area contributed by atoms with Crippen molar-refractivity contribution in [3.8, 4) is 0 Å². The van der Waals surface area contributed by atoms with Gasteiger partial charge in [-0.3, -0.25) is 0 Å².